The van der Waals surface area contributed by atoms with Gasteiger partial charge >= 0.3 is 0 Å². The van der Waals surface area contributed by atoms with Crippen LogP contribution in [0.5, 0.6) is 0 Å². The first kappa shape index (κ1) is 29.7. The number of benzene rings is 8. The van der Waals surface area contributed by atoms with Gasteiger partial charge in [0.1, 0.15) is 19.2 Å². The third-order valence-electron chi connectivity index (χ3n) is 10.9. The smallest absolute Gasteiger partial charge is 0.143 e. The monoisotopic (exact) mass is 669 g/mol. The van der Waals surface area contributed by atoms with Crippen LogP contribution in [0.3, 0.4) is 0 Å². The van der Waals surface area contributed by atoms with Gasteiger partial charge in [0.2, 0.25) is 0 Å². The van der Waals surface area contributed by atoms with E-state index in [0.29, 0.717) is 0 Å². The third kappa shape index (κ3) is 4.70. The Morgan fingerprint density at radius 1 is 0.431 bits per heavy atom. The topological polar surface area (TPSA) is 16.4 Å². The van der Waals surface area contributed by atoms with Gasteiger partial charge < -0.3 is 9.32 Å². The number of hydrogen-bond acceptors (Lipinski definition) is 2. The summed E-state index contributed by atoms with van der Waals surface area (Å²) in [6, 6.07) is 64.0. The molecule has 0 saturated heterocycles. The molecule has 1 aliphatic rings. The molecule has 10 rings (SSSR count). The lowest BCUT2D eigenvalue weighted by Gasteiger charge is -2.27. The summed E-state index contributed by atoms with van der Waals surface area (Å²) in [6.07, 6.45) is 0. The maximum Gasteiger partial charge on any atom is 0.143 e. The molecule has 0 unspecified atom stereocenters. The van der Waals surface area contributed by atoms with Gasteiger partial charge in [-0.2, -0.15) is 0 Å². The first-order chi connectivity index (χ1) is 25.0. The van der Waals surface area contributed by atoms with Gasteiger partial charge in [-0.25, -0.2) is 0 Å². The highest BCUT2D eigenvalue weighted by Crippen LogP contribution is 2.43. The number of anilines is 3. The van der Waals surface area contributed by atoms with Crippen molar-refractivity contribution in [2.75, 3.05) is 4.90 Å². The highest BCUT2D eigenvalue weighted by Gasteiger charge is 2.40. The predicted molar refractivity (Wildman–Crippen MR) is 219 cm³/mol. The minimum atomic E-state index is -1.96. The minimum Gasteiger partial charge on any atom is -0.455 e. The van der Waals surface area contributed by atoms with E-state index in [9.17, 15) is 0 Å². The van der Waals surface area contributed by atoms with Crippen molar-refractivity contribution in [2.24, 2.45) is 0 Å². The van der Waals surface area contributed by atoms with Crippen molar-refractivity contribution in [3.05, 3.63) is 176 Å². The molecule has 1 aromatic heterocycles. The third-order valence-corrected chi connectivity index (χ3v) is 14.4. The summed E-state index contributed by atoms with van der Waals surface area (Å²) in [5.74, 6) is 0. The minimum absolute atomic E-state index is 0.940. The Bertz CT molecular complexity index is 2770. The van der Waals surface area contributed by atoms with Crippen LogP contribution in [0.2, 0.25) is 13.1 Å². The maximum atomic E-state index is 6.67. The van der Waals surface area contributed by atoms with Crippen LogP contribution in [0.15, 0.2) is 180 Å². The summed E-state index contributed by atoms with van der Waals surface area (Å²) >= 11 is 0. The van der Waals surface area contributed by atoms with E-state index < -0.39 is 8.07 Å². The lowest BCUT2D eigenvalue weighted by Crippen LogP contribution is -2.49. The highest BCUT2D eigenvalue weighted by molar-refractivity contribution is 7.04. The lowest BCUT2D eigenvalue weighted by atomic mass is 9.98. The van der Waals surface area contributed by atoms with E-state index in [-0.39, 0.29) is 0 Å². The summed E-state index contributed by atoms with van der Waals surface area (Å²) in [7, 11) is -1.96. The highest BCUT2D eigenvalue weighted by atomic mass is 28.3. The average Bonchev–Trinajstić information content (AvgIpc) is 3.67. The lowest BCUT2D eigenvalue weighted by molar-refractivity contribution is 0.670. The van der Waals surface area contributed by atoms with E-state index in [1.807, 2.05) is 0 Å². The molecule has 0 aliphatic carbocycles. The summed E-state index contributed by atoms with van der Waals surface area (Å²) in [5, 5.41) is 7.77. The van der Waals surface area contributed by atoms with Crippen LogP contribution in [-0.4, -0.2) is 8.07 Å². The van der Waals surface area contributed by atoms with Crippen molar-refractivity contribution < 1.29 is 4.42 Å². The van der Waals surface area contributed by atoms with Gasteiger partial charge in [0.15, 0.2) is 0 Å². The van der Waals surface area contributed by atoms with Crippen LogP contribution in [0.1, 0.15) is 0 Å². The molecule has 0 radical (unpaired) electrons. The van der Waals surface area contributed by atoms with Crippen LogP contribution in [0.25, 0.3) is 66.1 Å². The van der Waals surface area contributed by atoms with Crippen LogP contribution in [0, 0.1) is 0 Å². The zero-order valence-corrected chi connectivity index (χ0v) is 29.6. The number of fused-ring (bicyclic) bond motifs is 8. The summed E-state index contributed by atoms with van der Waals surface area (Å²) in [5.41, 5.74) is 12.7. The fourth-order valence-corrected chi connectivity index (χ4v) is 11.3. The average molecular weight is 670 g/mol. The van der Waals surface area contributed by atoms with E-state index in [2.05, 4.69) is 194 Å². The quantitative estimate of drug-likeness (QED) is 0.170. The molecule has 3 heteroatoms. The molecule has 51 heavy (non-hydrogen) atoms. The fraction of sp³-hybridized carbons (Fsp3) is 0.0417. The predicted octanol–water partition coefficient (Wildman–Crippen LogP) is 12.3. The summed E-state index contributed by atoms with van der Waals surface area (Å²) in [6.45, 7) is 4.94. The molecule has 0 spiro atoms. The molecule has 0 atom stereocenters. The first-order valence-electron chi connectivity index (χ1n) is 17.7. The Morgan fingerprint density at radius 3 is 1.96 bits per heavy atom. The van der Waals surface area contributed by atoms with Gasteiger partial charge in [-0.1, -0.05) is 147 Å². The Labute approximate surface area is 298 Å². The standard InChI is InChI=1S/C48H35NOSi/c1-51(2)45-28-26-38(31-43(45)47-46(51)29-27-42-41-19-8-9-21-44(41)50-48(42)47)49(37-17-10-16-35(30-37)32-12-4-3-5-13-32)36-24-22-34(23-25-36)40-20-11-15-33-14-6-7-18-39(33)40/h3-31H,1-2H3. The van der Waals surface area contributed by atoms with E-state index in [4.69, 9.17) is 4.42 Å². The van der Waals surface area contributed by atoms with Gasteiger partial charge in [0.25, 0.3) is 0 Å². The van der Waals surface area contributed by atoms with Crippen molar-refractivity contribution in [2.45, 2.75) is 13.1 Å². The van der Waals surface area contributed by atoms with Gasteiger partial charge in [-0.3, -0.25) is 0 Å². The second-order valence-electron chi connectivity index (χ2n) is 14.1. The molecular weight excluding hydrogens is 635 g/mol. The molecular formula is C48H35NOSi. The summed E-state index contributed by atoms with van der Waals surface area (Å²) < 4.78 is 6.67. The van der Waals surface area contributed by atoms with Gasteiger partial charge in [-0.15, -0.1) is 0 Å². The first-order valence-corrected chi connectivity index (χ1v) is 20.7. The Kier molecular flexibility index (Phi) is 6.67. The molecule has 0 amide bonds. The molecule has 0 fully saturated rings. The second-order valence-corrected chi connectivity index (χ2v) is 18.5. The van der Waals surface area contributed by atoms with Crippen LogP contribution in [0.4, 0.5) is 17.1 Å². The van der Waals surface area contributed by atoms with Gasteiger partial charge in [0, 0.05) is 33.4 Å². The molecule has 0 N–H and O–H groups in total. The molecule has 2 heterocycles. The molecule has 8 aromatic carbocycles. The summed E-state index contributed by atoms with van der Waals surface area (Å²) in [4.78, 5) is 2.41. The largest absolute Gasteiger partial charge is 0.455 e. The molecule has 0 saturated carbocycles. The van der Waals surface area contributed by atoms with Crippen molar-refractivity contribution in [1.29, 1.82) is 0 Å². The van der Waals surface area contributed by atoms with Crippen molar-refractivity contribution in [1.82, 2.24) is 0 Å². The number of furan rings is 1. The van der Waals surface area contributed by atoms with Gasteiger partial charge in [0.05, 0.1) is 0 Å². The number of nitrogens with zero attached hydrogens (tertiary/aromatic N) is 1. The van der Waals surface area contributed by atoms with Crippen LogP contribution in [-0.2, 0) is 0 Å². The van der Waals surface area contributed by atoms with Crippen molar-refractivity contribution in [3.8, 4) is 33.4 Å². The SMILES string of the molecule is C[Si]1(C)c2ccc(N(c3ccc(-c4cccc5ccccc45)cc3)c3cccc(-c4ccccc4)c3)cc2-c2c1ccc1c2oc2ccccc21. The normalized spacial score (nSPS) is 13.1. The number of para-hydroxylation sites is 1. The number of rotatable bonds is 5. The Balaban J connectivity index is 1.16. The second kappa shape index (κ2) is 11.4. The zero-order valence-electron chi connectivity index (χ0n) is 28.6. The van der Waals surface area contributed by atoms with E-state index >= 15 is 0 Å². The van der Waals surface area contributed by atoms with Crippen LogP contribution >= 0.6 is 0 Å². The molecule has 1 aliphatic heterocycles. The molecule has 9 aromatic rings. The van der Waals surface area contributed by atoms with E-state index in [0.717, 1.165) is 28.2 Å². The number of hydrogen-bond donors (Lipinski definition) is 0. The van der Waals surface area contributed by atoms with Gasteiger partial charge in [-0.05, 0) is 91.4 Å². The molecule has 242 valence electrons. The van der Waals surface area contributed by atoms with Crippen LogP contribution < -0.4 is 15.3 Å². The van der Waals surface area contributed by atoms with Crippen molar-refractivity contribution >= 4 is 68.2 Å². The Morgan fingerprint density at radius 2 is 1.10 bits per heavy atom. The maximum absolute atomic E-state index is 6.67. The van der Waals surface area contributed by atoms with E-state index in [1.54, 1.807) is 0 Å². The molecule has 0 bridgehead atoms. The molecule has 2 nitrogen and oxygen atoms in total. The van der Waals surface area contributed by atoms with Crippen molar-refractivity contribution in [3.63, 3.8) is 0 Å². The Hall–Kier alpha value is -6.16. The zero-order chi connectivity index (χ0) is 34.1. The fourth-order valence-electron chi connectivity index (χ4n) is 8.31. The van der Waals surface area contributed by atoms with E-state index in [1.165, 1.54) is 65.3 Å².